The summed E-state index contributed by atoms with van der Waals surface area (Å²) in [4.78, 5) is 8.77. The van der Waals surface area contributed by atoms with Crippen LogP contribution in [0.25, 0.3) is 10.8 Å². The lowest BCUT2D eigenvalue weighted by Crippen LogP contribution is -2.02. The number of nitrogens with two attached hydrogens (primary N) is 1. The molecule has 1 heterocycles. The molecule has 3 aromatic rings. The second-order valence-electron chi connectivity index (χ2n) is 5.03. The number of anilines is 1. The molecule has 0 bridgehead atoms. The summed E-state index contributed by atoms with van der Waals surface area (Å²) in [5.41, 5.74) is 7.85. The Hall–Kier alpha value is -2.62. The van der Waals surface area contributed by atoms with E-state index < -0.39 is 0 Å². The zero-order valence-electron chi connectivity index (χ0n) is 12.1. The third kappa shape index (κ3) is 2.79. The third-order valence-corrected chi connectivity index (χ3v) is 3.45. The van der Waals surface area contributed by atoms with E-state index in [0.717, 1.165) is 28.2 Å². The Balaban J connectivity index is 2.07. The first kappa shape index (κ1) is 13.4. The summed E-state index contributed by atoms with van der Waals surface area (Å²) in [6.07, 6.45) is 0.649. The summed E-state index contributed by atoms with van der Waals surface area (Å²) < 4.78 is 5.31. The number of nitrogens with zero attached hydrogens (tertiary/aromatic N) is 2. The summed E-state index contributed by atoms with van der Waals surface area (Å²) in [7, 11) is 1.67. The molecule has 0 atom stereocenters. The summed E-state index contributed by atoms with van der Waals surface area (Å²) in [6, 6.07) is 14.1. The molecule has 1 aromatic heterocycles. The Kier molecular flexibility index (Phi) is 3.44. The van der Waals surface area contributed by atoms with Crippen LogP contribution in [0.15, 0.2) is 42.5 Å². The lowest BCUT2D eigenvalue weighted by atomic mass is 10.0. The summed E-state index contributed by atoms with van der Waals surface area (Å²) in [5, 5.41) is 2.33. The van der Waals surface area contributed by atoms with Crippen molar-refractivity contribution in [2.75, 3.05) is 12.8 Å². The fourth-order valence-corrected chi connectivity index (χ4v) is 2.50. The van der Waals surface area contributed by atoms with E-state index in [2.05, 4.69) is 28.2 Å². The van der Waals surface area contributed by atoms with Gasteiger partial charge in [-0.25, -0.2) is 9.97 Å². The molecule has 0 unspecified atom stereocenters. The molecule has 0 aliphatic carbocycles. The highest BCUT2D eigenvalue weighted by atomic mass is 16.5. The van der Waals surface area contributed by atoms with Gasteiger partial charge in [-0.2, -0.15) is 0 Å². The van der Waals surface area contributed by atoms with Crippen molar-refractivity contribution in [2.24, 2.45) is 0 Å². The summed E-state index contributed by atoms with van der Waals surface area (Å²) >= 11 is 0. The van der Waals surface area contributed by atoms with Crippen LogP contribution in [0, 0.1) is 6.92 Å². The van der Waals surface area contributed by atoms with Crippen molar-refractivity contribution in [3.63, 3.8) is 0 Å². The van der Waals surface area contributed by atoms with E-state index in [1.54, 1.807) is 13.2 Å². The van der Waals surface area contributed by atoms with Crippen LogP contribution >= 0.6 is 0 Å². The lowest BCUT2D eigenvalue weighted by Gasteiger charge is -2.09. The second-order valence-corrected chi connectivity index (χ2v) is 5.03. The van der Waals surface area contributed by atoms with Gasteiger partial charge in [0.1, 0.15) is 17.4 Å². The standard InChI is InChI=1S/C17H17N3O/c1-11-8-16(18)20-17(19-11)9-13-5-3-4-12-6-7-14(21-2)10-15(12)13/h3-8,10H,9H2,1-2H3,(H2,18,19,20). The van der Waals surface area contributed by atoms with Crippen LogP contribution in [0.3, 0.4) is 0 Å². The Morgan fingerprint density at radius 3 is 2.71 bits per heavy atom. The molecule has 0 amide bonds. The summed E-state index contributed by atoms with van der Waals surface area (Å²) in [6.45, 7) is 1.92. The van der Waals surface area contributed by atoms with Gasteiger partial charge in [0.25, 0.3) is 0 Å². The van der Waals surface area contributed by atoms with Crippen LogP contribution < -0.4 is 10.5 Å². The lowest BCUT2D eigenvalue weighted by molar-refractivity contribution is 0.415. The van der Waals surface area contributed by atoms with Gasteiger partial charge in [-0.1, -0.05) is 24.3 Å². The number of ether oxygens (including phenoxy) is 1. The minimum atomic E-state index is 0.510. The van der Waals surface area contributed by atoms with E-state index in [4.69, 9.17) is 10.5 Å². The van der Waals surface area contributed by atoms with Crippen LogP contribution in [0.2, 0.25) is 0 Å². The van der Waals surface area contributed by atoms with Gasteiger partial charge in [0.05, 0.1) is 7.11 Å². The molecular weight excluding hydrogens is 262 g/mol. The number of rotatable bonds is 3. The molecule has 0 aliphatic rings. The molecule has 0 aliphatic heterocycles. The van der Waals surface area contributed by atoms with Crippen LogP contribution in [0.4, 0.5) is 5.82 Å². The van der Waals surface area contributed by atoms with E-state index in [-0.39, 0.29) is 0 Å². The fraction of sp³-hybridized carbons (Fsp3) is 0.176. The van der Waals surface area contributed by atoms with Crippen molar-refractivity contribution in [2.45, 2.75) is 13.3 Å². The zero-order valence-corrected chi connectivity index (χ0v) is 12.1. The van der Waals surface area contributed by atoms with Gasteiger partial charge >= 0.3 is 0 Å². The van der Waals surface area contributed by atoms with E-state index in [1.807, 2.05) is 25.1 Å². The van der Waals surface area contributed by atoms with Crippen molar-refractivity contribution in [3.05, 3.63) is 59.5 Å². The van der Waals surface area contributed by atoms with Gasteiger partial charge < -0.3 is 10.5 Å². The van der Waals surface area contributed by atoms with Crippen molar-refractivity contribution in [3.8, 4) is 5.75 Å². The maximum absolute atomic E-state index is 5.80. The van der Waals surface area contributed by atoms with Crippen LogP contribution in [0.5, 0.6) is 5.75 Å². The van der Waals surface area contributed by atoms with E-state index in [0.29, 0.717) is 12.2 Å². The molecule has 2 aromatic carbocycles. The first-order valence-electron chi connectivity index (χ1n) is 6.81. The smallest absolute Gasteiger partial charge is 0.135 e. The van der Waals surface area contributed by atoms with Gasteiger partial charge in [-0.15, -0.1) is 0 Å². The maximum atomic E-state index is 5.80. The predicted molar refractivity (Wildman–Crippen MR) is 84.5 cm³/mol. The Morgan fingerprint density at radius 2 is 1.95 bits per heavy atom. The third-order valence-electron chi connectivity index (χ3n) is 3.45. The van der Waals surface area contributed by atoms with Crippen LogP contribution in [-0.2, 0) is 6.42 Å². The predicted octanol–water partition coefficient (Wildman–Crippen LogP) is 3.12. The second kappa shape index (κ2) is 5.40. The van der Waals surface area contributed by atoms with Crippen LogP contribution in [0.1, 0.15) is 17.1 Å². The zero-order chi connectivity index (χ0) is 14.8. The molecule has 0 fully saturated rings. The maximum Gasteiger partial charge on any atom is 0.135 e. The average Bonchev–Trinajstić information content (AvgIpc) is 2.46. The molecule has 4 heteroatoms. The van der Waals surface area contributed by atoms with E-state index in [1.165, 1.54) is 5.39 Å². The molecule has 0 saturated heterocycles. The highest BCUT2D eigenvalue weighted by Crippen LogP contribution is 2.25. The number of aromatic nitrogens is 2. The largest absolute Gasteiger partial charge is 0.497 e. The Morgan fingerprint density at radius 1 is 1.10 bits per heavy atom. The van der Waals surface area contributed by atoms with Gasteiger partial charge in [-0.3, -0.25) is 0 Å². The van der Waals surface area contributed by atoms with Crippen molar-refractivity contribution in [1.29, 1.82) is 0 Å². The van der Waals surface area contributed by atoms with E-state index >= 15 is 0 Å². The topological polar surface area (TPSA) is 61.0 Å². The quantitative estimate of drug-likeness (QED) is 0.800. The number of benzene rings is 2. The number of hydrogen-bond acceptors (Lipinski definition) is 4. The number of nitrogen functional groups attached to an aromatic ring is 1. The molecule has 2 N–H and O–H groups in total. The molecule has 106 valence electrons. The highest BCUT2D eigenvalue weighted by Gasteiger charge is 2.07. The number of methoxy groups -OCH3 is 1. The van der Waals surface area contributed by atoms with Gasteiger partial charge in [0.2, 0.25) is 0 Å². The molecule has 3 rings (SSSR count). The minimum absolute atomic E-state index is 0.510. The molecule has 0 radical (unpaired) electrons. The minimum Gasteiger partial charge on any atom is -0.497 e. The first-order valence-corrected chi connectivity index (χ1v) is 6.81. The summed E-state index contributed by atoms with van der Waals surface area (Å²) in [5.74, 6) is 2.10. The normalized spacial score (nSPS) is 10.8. The number of hydrogen-bond donors (Lipinski definition) is 1. The van der Waals surface area contributed by atoms with Crippen molar-refractivity contribution >= 4 is 16.6 Å². The molecule has 0 spiro atoms. The Bertz CT molecular complexity index is 779. The number of aryl methyl sites for hydroxylation is 1. The van der Waals surface area contributed by atoms with Crippen LogP contribution in [-0.4, -0.2) is 17.1 Å². The number of fused-ring (bicyclic) bond motifs is 1. The first-order chi connectivity index (χ1) is 10.2. The molecule has 0 saturated carbocycles. The molecule has 21 heavy (non-hydrogen) atoms. The van der Waals surface area contributed by atoms with Gasteiger partial charge in [0, 0.05) is 18.2 Å². The monoisotopic (exact) mass is 279 g/mol. The SMILES string of the molecule is COc1ccc2cccc(Cc3nc(C)cc(N)n3)c2c1. The highest BCUT2D eigenvalue weighted by molar-refractivity contribution is 5.87. The van der Waals surface area contributed by atoms with Gasteiger partial charge in [0.15, 0.2) is 0 Å². The fourth-order valence-electron chi connectivity index (χ4n) is 2.50. The van der Waals surface area contributed by atoms with Crippen molar-refractivity contribution in [1.82, 2.24) is 9.97 Å². The van der Waals surface area contributed by atoms with Gasteiger partial charge in [-0.05, 0) is 35.4 Å². The average molecular weight is 279 g/mol. The van der Waals surface area contributed by atoms with Crippen molar-refractivity contribution < 1.29 is 4.74 Å². The molecular formula is C17H17N3O. The van der Waals surface area contributed by atoms with E-state index in [9.17, 15) is 0 Å². The molecule has 4 nitrogen and oxygen atoms in total. The Labute approximate surface area is 123 Å².